The molecule has 0 saturated carbocycles. The number of para-hydroxylation sites is 1. The second-order valence-electron chi connectivity index (χ2n) is 4.05. The molecule has 0 bridgehead atoms. The van der Waals surface area contributed by atoms with Crippen LogP contribution in [0, 0.1) is 0 Å². The molecule has 98 valence electrons. The molecular formula is C15H16N2O2. The Morgan fingerprint density at radius 3 is 2.74 bits per heavy atom. The lowest BCUT2D eigenvalue weighted by molar-refractivity contribution is -0.116. The minimum Gasteiger partial charge on any atom is -0.494 e. The lowest BCUT2D eigenvalue weighted by Crippen LogP contribution is -2.12. The molecule has 2 rings (SSSR count). The largest absolute Gasteiger partial charge is 0.494 e. The molecule has 0 aliphatic carbocycles. The van der Waals surface area contributed by atoms with E-state index in [0.717, 1.165) is 11.4 Å². The summed E-state index contributed by atoms with van der Waals surface area (Å²) in [5, 5.41) is 2.78. The predicted octanol–water partition coefficient (Wildman–Crippen LogP) is 2.88. The molecule has 0 saturated heterocycles. The lowest BCUT2D eigenvalue weighted by Gasteiger charge is -2.06. The van der Waals surface area contributed by atoms with Crippen molar-refractivity contribution in [2.45, 2.75) is 12.8 Å². The van der Waals surface area contributed by atoms with Crippen molar-refractivity contribution in [1.29, 1.82) is 0 Å². The molecule has 4 nitrogen and oxygen atoms in total. The first kappa shape index (κ1) is 13.1. The normalized spacial score (nSPS) is 9.89. The van der Waals surface area contributed by atoms with Crippen molar-refractivity contribution in [2.75, 3.05) is 11.9 Å². The van der Waals surface area contributed by atoms with Crippen LogP contribution in [0.4, 0.5) is 5.69 Å². The molecule has 0 radical (unpaired) electrons. The average molecular weight is 256 g/mol. The number of nitrogens with one attached hydrogen (secondary N) is 1. The third-order valence-corrected chi connectivity index (χ3v) is 2.51. The Morgan fingerprint density at radius 2 is 2.00 bits per heavy atom. The quantitative estimate of drug-likeness (QED) is 0.808. The van der Waals surface area contributed by atoms with E-state index in [0.29, 0.717) is 19.4 Å². The van der Waals surface area contributed by atoms with E-state index in [1.54, 1.807) is 18.5 Å². The SMILES string of the molecule is O=C(CCCOc1ccccc1)Nc1cccnc1. The van der Waals surface area contributed by atoms with Gasteiger partial charge in [0.25, 0.3) is 0 Å². The van der Waals surface area contributed by atoms with E-state index in [2.05, 4.69) is 10.3 Å². The number of anilines is 1. The Kier molecular flexibility index (Phi) is 4.93. The highest BCUT2D eigenvalue weighted by atomic mass is 16.5. The van der Waals surface area contributed by atoms with E-state index < -0.39 is 0 Å². The summed E-state index contributed by atoms with van der Waals surface area (Å²) in [5.41, 5.74) is 0.719. The molecule has 0 aliphatic rings. The molecule has 1 heterocycles. The predicted molar refractivity (Wildman–Crippen MR) is 74.0 cm³/mol. The van der Waals surface area contributed by atoms with Gasteiger partial charge in [-0.2, -0.15) is 0 Å². The molecule has 1 aromatic carbocycles. The molecule has 2 aromatic rings. The van der Waals surface area contributed by atoms with Crippen LogP contribution >= 0.6 is 0 Å². The average Bonchev–Trinajstić information content (AvgIpc) is 2.46. The van der Waals surface area contributed by atoms with Gasteiger partial charge in [0.05, 0.1) is 18.5 Å². The first-order valence-corrected chi connectivity index (χ1v) is 6.22. The molecule has 0 spiro atoms. The highest BCUT2D eigenvalue weighted by Gasteiger charge is 2.02. The van der Waals surface area contributed by atoms with E-state index in [9.17, 15) is 4.79 Å². The van der Waals surface area contributed by atoms with Gasteiger partial charge in [0.2, 0.25) is 5.91 Å². The van der Waals surface area contributed by atoms with Gasteiger partial charge in [0.1, 0.15) is 5.75 Å². The van der Waals surface area contributed by atoms with Crippen molar-refractivity contribution in [2.24, 2.45) is 0 Å². The number of carbonyl (C=O) groups excluding carboxylic acids is 1. The van der Waals surface area contributed by atoms with Crippen LogP contribution in [0.1, 0.15) is 12.8 Å². The highest BCUT2D eigenvalue weighted by Crippen LogP contribution is 2.09. The first-order chi connectivity index (χ1) is 9.34. The molecule has 4 heteroatoms. The van der Waals surface area contributed by atoms with E-state index in [-0.39, 0.29) is 5.91 Å². The molecule has 1 aromatic heterocycles. The van der Waals surface area contributed by atoms with Crippen molar-refractivity contribution in [1.82, 2.24) is 4.98 Å². The van der Waals surface area contributed by atoms with Gasteiger partial charge >= 0.3 is 0 Å². The number of rotatable bonds is 6. The smallest absolute Gasteiger partial charge is 0.224 e. The van der Waals surface area contributed by atoms with Gasteiger partial charge in [-0.1, -0.05) is 18.2 Å². The third-order valence-electron chi connectivity index (χ3n) is 2.51. The number of nitrogens with zero attached hydrogens (tertiary/aromatic N) is 1. The molecule has 1 N–H and O–H groups in total. The Labute approximate surface area is 112 Å². The number of hydrogen-bond donors (Lipinski definition) is 1. The zero-order chi connectivity index (χ0) is 13.3. The maximum absolute atomic E-state index is 11.6. The second kappa shape index (κ2) is 7.16. The van der Waals surface area contributed by atoms with Crippen molar-refractivity contribution < 1.29 is 9.53 Å². The van der Waals surface area contributed by atoms with E-state index in [4.69, 9.17) is 4.74 Å². The summed E-state index contributed by atoms with van der Waals surface area (Å²) in [4.78, 5) is 15.6. The Balaban J connectivity index is 1.65. The number of pyridine rings is 1. The summed E-state index contributed by atoms with van der Waals surface area (Å²) in [6.45, 7) is 0.532. The molecule has 19 heavy (non-hydrogen) atoms. The number of carbonyl (C=O) groups is 1. The fraction of sp³-hybridized carbons (Fsp3) is 0.200. The summed E-state index contributed by atoms with van der Waals surface area (Å²) in [6, 6.07) is 13.2. The monoisotopic (exact) mass is 256 g/mol. The van der Waals surface area contributed by atoms with Crippen LogP contribution < -0.4 is 10.1 Å². The van der Waals surface area contributed by atoms with Crippen LogP contribution in [0.5, 0.6) is 5.75 Å². The fourth-order valence-corrected chi connectivity index (χ4v) is 1.60. The Hall–Kier alpha value is -2.36. The summed E-state index contributed by atoms with van der Waals surface area (Å²) in [5.74, 6) is 0.805. The lowest BCUT2D eigenvalue weighted by atomic mass is 10.3. The van der Waals surface area contributed by atoms with Crippen molar-refractivity contribution >= 4 is 11.6 Å². The van der Waals surface area contributed by atoms with Crippen molar-refractivity contribution in [3.05, 3.63) is 54.9 Å². The number of ether oxygens (including phenoxy) is 1. The third kappa shape index (κ3) is 4.79. The molecule has 0 unspecified atom stereocenters. The molecule has 0 aliphatic heterocycles. The maximum Gasteiger partial charge on any atom is 0.224 e. The zero-order valence-corrected chi connectivity index (χ0v) is 10.6. The molecular weight excluding hydrogens is 240 g/mol. The molecule has 0 fully saturated rings. The standard InChI is InChI=1S/C15H16N2O2/c18-15(17-13-6-4-10-16-12-13)9-5-11-19-14-7-2-1-3-8-14/h1-4,6-8,10,12H,5,9,11H2,(H,17,18). The van der Waals surface area contributed by atoms with Crippen LogP contribution in [0.3, 0.4) is 0 Å². The number of benzene rings is 1. The topological polar surface area (TPSA) is 51.2 Å². The van der Waals surface area contributed by atoms with Gasteiger partial charge in [0.15, 0.2) is 0 Å². The summed E-state index contributed by atoms with van der Waals surface area (Å²) in [6.07, 6.45) is 4.41. The zero-order valence-electron chi connectivity index (χ0n) is 10.6. The van der Waals surface area contributed by atoms with Crippen LogP contribution in [-0.2, 0) is 4.79 Å². The van der Waals surface area contributed by atoms with Gasteiger partial charge in [-0.05, 0) is 30.7 Å². The van der Waals surface area contributed by atoms with Gasteiger partial charge in [-0.15, -0.1) is 0 Å². The molecule has 1 amide bonds. The van der Waals surface area contributed by atoms with Crippen LogP contribution in [0.15, 0.2) is 54.9 Å². The highest BCUT2D eigenvalue weighted by molar-refractivity contribution is 5.90. The second-order valence-corrected chi connectivity index (χ2v) is 4.05. The van der Waals surface area contributed by atoms with Crippen molar-refractivity contribution in [3.63, 3.8) is 0 Å². The van der Waals surface area contributed by atoms with Gasteiger partial charge < -0.3 is 10.1 Å². The fourth-order valence-electron chi connectivity index (χ4n) is 1.60. The minimum absolute atomic E-state index is 0.0235. The summed E-state index contributed by atoms with van der Waals surface area (Å²) >= 11 is 0. The number of aromatic nitrogens is 1. The van der Waals surface area contributed by atoms with Crippen LogP contribution in [0.25, 0.3) is 0 Å². The van der Waals surface area contributed by atoms with Gasteiger partial charge in [-0.3, -0.25) is 9.78 Å². The van der Waals surface area contributed by atoms with Gasteiger partial charge in [0, 0.05) is 12.6 Å². The number of hydrogen-bond acceptors (Lipinski definition) is 3. The minimum atomic E-state index is -0.0235. The Morgan fingerprint density at radius 1 is 1.16 bits per heavy atom. The first-order valence-electron chi connectivity index (χ1n) is 6.22. The van der Waals surface area contributed by atoms with Crippen LogP contribution in [0.2, 0.25) is 0 Å². The maximum atomic E-state index is 11.6. The van der Waals surface area contributed by atoms with Crippen molar-refractivity contribution in [3.8, 4) is 5.75 Å². The van der Waals surface area contributed by atoms with E-state index >= 15 is 0 Å². The molecule has 0 atom stereocenters. The van der Waals surface area contributed by atoms with Gasteiger partial charge in [-0.25, -0.2) is 0 Å². The Bertz CT molecular complexity index is 500. The number of amides is 1. The van der Waals surface area contributed by atoms with E-state index in [1.807, 2.05) is 36.4 Å². The van der Waals surface area contributed by atoms with E-state index in [1.165, 1.54) is 0 Å². The van der Waals surface area contributed by atoms with Crippen LogP contribution in [-0.4, -0.2) is 17.5 Å². The summed E-state index contributed by atoms with van der Waals surface area (Å²) in [7, 11) is 0. The summed E-state index contributed by atoms with van der Waals surface area (Å²) < 4.78 is 5.51.